The number of thiocarbonyl (C=S) groups is 1. The molecule has 134 valence electrons. The molecule has 26 heavy (non-hydrogen) atoms. The van der Waals surface area contributed by atoms with Gasteiger partial charge in [0.2, 0.25) is 5.91 Å². The highest BCUT2D eigenvalue weighted by Crippen LogP contribution is 2.10. The van der Waals surface area contributed by atoms with Gasteiger partial charge in [-0.1, -0.05) is 17.7 Å². The summed E-state index contributed by atoms with van der Waals surface area (Å²) >= 11 is 10.8. The van der Waals surface area contributed by atoms with Gasteiger partial charge in [-0.3, -0.25) is 30.6 Å². The average molecular weight is 391 g/mol. The van der Waals surface area contributed by atoms with Gasteiger partial charge in [0.05, 0.1) is 0 Å². The second-order valence-corrected chi connectivity index (χ2v) is 5.98. The average Bonchev–Trinajstić information content (AvgIpc) is 2.59. The standard InChI is InChI=1S/C17H15ClN4O3S/c1-10(23)19-14-7-5-11(6-8-14)16(25)21-22-17(26)20-15(24)12-3-2-4-13(18)9-12/h2-9H,1H3,(H,19,23)(H,21,25)(H2,20,22,24,26). The van der Waals surface area contributed by atoms with Gasteiger partial charge in [0.1, 0.15) is 0 Å². The van der Waals surface area contributed by atoms with Crippen molar-refractivity contribution in [1.82, 2.24) is 16.2 Å². The number of carbonyl (C=O) groups is 3. The molecule has 2 rings (SSSR count). The highest BCUT2D eigenvalue weighted by Gasteiger charge is 2.10. The van der Waals surface area contributed by atoms with E-state index in [1.807, 2.05) is 0 Å². The van der Waals surface area contributed by atoms with Crippen LogP contribution in [0.25, 0.3) is 0 Å². The maximum atomic E-state index is 12.0. The van der Waals surface area contributed by atoms with Crippen molar-refractivity contribution in [2.45, 2.75) is 6.92 Å². The molecule has 0 aliphatic rings. The van der Waals surface area contributed by atoms with Crippen molar-refractivity contribution >= 4 is 52.3 Å². The Morgan fingerprint density at radius 1 is 0.923 bits per heavy atom. The topological polar surface area (TPSA) is 99.3 Å². The summed E-state index contributed by atoms with van der Waals surface area (Å²) in [6, 6.07) is 12.6. The maximum Gasteiger partial charge on any atom is 0.269 e. The van der Waals surface area contributed by atoms with Gasteiger partial charge < -0.3 is 5.32 Å². The maximum absolute atomic E-state index is 12.0. The highest BCUT2D eigenvalue weighted by molar-refractivity contribution is 7.80. The minimum atomic E-state index is -0.460. The first-order valence-corrected chi connectivity index (χ1v) is 8.18. The van der Waals surface area contributed by atoms with Crippen LogP contribution in [0, 0.1) is 0 Å². The first-order valence-electron chi connectivity index (χ1n) is 7.40. The quantitative estimate of drug-likeness (QED) is 0.476. The van der Waals surface area contributed by atoms with Gasteiger partial charge in [-0.25, -0.2) is 0 Å². The number of benzene rings is 2. The van der Waals surface area contributed by atoms with Crippen molar-refractivity contribution in [3.05, 3.63) is 64.7 Å². The van der Waals surface area contributed by atoms with E-state index >= 15 is 0 Å². The van der Waals surface area contributed by atoms with Crippen LogP contribution in [-0.4, -0.2) is 22.8 Å². The van der Waals surface area contributed by atoms with E-state index in [0.717, 1.165) is 0 Å². The van der Waals surface area contributed by atoms with Crippen molar-refractivity contribution in [3.63, 3.8) is 0 Å². The predicted octanol–water partition coefficient (Wildman–Crippen LogP) is 2.25. The Hall–Kier alpha value is -2.97. The Labute approximate surface area is 160 Å². The molecule has 0 fully saturated rings. The molecule has 2 aromatic rings. The summed E-state index contributed by atoms with van der Waals surface area (Å²) in [5, 5.41) is 5.37. The molecule has 7 nitrogen and oxygen atoms in total. The van der Waals surface area contributed by atoms with Crippen LogP contribution in [0.1, 0.15) is 27.6 Å². The van der Waals surface area contributed by atoms with E-state index in [-0.39, 0.29) is 11.0 Å². The van der Waals surface area contributed by atoms with Crippen LogP contribution in [0.15, 0.2) is 48.5 Å². The molecule has 0 spiro atoms. The molecule has 0 unspecified atom stereocenters. The summed E-state index contributed by atoms with van der Waals surface area (Å²) in [5.74, 6) is -1.12. The number of anilines is 1. The number of nitrogens with one attached hydrogen (secondary N) is 4. The van der Waals surface area contributed by atoms with E-state index in [9.17, 15) is 14.4 Å². The number of hydrogen-bond acceptors (Lipinski definition) is 4. The van der Waals surface area contributed by atoms with Crippen LogP contribution < -0.4 is 21.5 Å². The Morgan fingerprint density at radius 2 is 1.62 bits per heavy atom. The van der Waals surface area contributed by atoms with Crippen molar-refractivity contribution in [2.75, 3.05) is 5.32 Å². The summed E-state index contributed by atoms with van der Waals surface area (Å²) in [5.41, 5.74) is 6.06. The van der Waals surface area contributed by atoms with E-state index in [4.69, 9.17) is 23.8 Å². The van der Waals surface area contributed by atoms with Gasteiger partial charge in [-0.15, -0.1) is 0 Å². The molecule has 0 heterocycles. The molecule has 2 aromatic carbocycles. The van der Waals surface area contributed by atoms with E-state index < -0.39 is 11.8 Å². The fourth-order valence-corrected chi connectivity index (χ4v) is 2.26. The number of rotatable bonds is 3. The number of hydrazine groups is 1. The lowest BCUT2D eigenvalue weighted by Gasteiger charge is -2.11. The lowest BCUT2D eigenvalue weighted by atomic mass is 10.2. The molecule has 3 amide bonds. The van der Waals surface area contributed by atoms with Gasteiger partial charge in [-0.2, -0.15) is 0 Å². The highest BCUT2D eigenvalue weighted by atomic mass is 35.5. The van der Waals surface area contributed by atoms with Gasteiger partial charge in [0, 0.05) is 28.8 Å². The minimum Gasteiger partial charge on any atom is -0.326 e. The second kappa shape index (κ2) is 8.93. The summed E-state index contributed by atoms with van der Waals surface area (Å²) in [4.78, 5) is 35.0. The van der Waals surface area contributed by atoms with Gasteiger partial charge in [0.15, 0.2) is 5.11 Å². The molecule has 0 atom stereocenters. The molecule has 0 aromatic heterocycles. The van der Waals surface area contributed by atoms with Crippen LogP contribution in [0.4, 0.5) is 5.69 Å². The fourth-order valence-electron chi connectivity index (χ4n) is 1.93. The fraction of sp³-hybridized carbons (Fsp3) is 0.0588. The summed E-state index contributed by atoms with van der Waals surface area (Å²) in [7, 11) is 0. The van der Waals surface area contributed by atoms with Crippen molar-refractivity contribution in [2.24, 2.45) is 0 Å². The smallest absolute Gasteiger partial charge is 0.269 e. The van der Waals surface area contributed by atoms with Crippen LogP contribution in [0.5, 0.6) is 0 Å². The summed E-state index contributed by atoms with van der Waals surface area (Å²) in [6.07, 6.45) is 0. The Balaban J connectivity index is 1.85. The van der Waals surface area contributed by atoms with Crippen LogP contribution in [-0.2, 0) is 4.79 Å². The molecule has 0 radical (unpaired) electrons. The number of hydrogen-bond donors (Lipinski definition) is 4. The molecular weight excluding hydrogens is 376 g/mol. The molecule has 0 bridgehead atoms. The minimum absolute atomic E-state index is 0.0711. The Kier molecular flexibility index (Phi) is 6.65. The molecule has 0 saturated carbocycles. The van der Waals surface area contributed by atoms with E-state index in [1.54, 1.807) is 30.3 Å². The van der Waals surface area contributed by atoms with Gasteiger partial charge in [-0.05, 0) is 54.7 Å². The summed E-state index contributed by atoms with van der Waals surface area (Å²) < 4.78 is 0. The zero-order chi connectivity index (χ0) is 19.1. The molecular formula is C17H15ClN4O3S. The largest absolute Gasteiger partial charge is 0.326 e. The third kappa shape index (κ3) is 5.83. The molecule has 0 aliphatic carbocycles. The van der Waals surface area contributed by atoms with E-state index in [2.05, 4.69) is 21.5 Å². The first-order chi connectivity index (χ1) is 12.3. The molecule has 9 heteroatoms. The third-order valence-corrected chi connectivity index (χ3v) is 3.51. The molecule has 4 N–H and O–H groups in total. The SMILES string of the molecule is CC(=O)Nc1ccc(C(=O)NNC(=S)NC(=O)c2cccc(Cl)c2)cc1. The van der Waals surface area contributed by atoms with Crippen LogP contribution >= 0.6 is 23.8 Å². The predicted molar refractivity (Wildman–Crippen MR) is 103 cm³/mol. The monoisotopic (exact) mass is 390 g/mol. The molecule has 0 aliphatic heterocycles. The van der Waals surface area contributed by atoms with Crippen molar-refractivity contribution in [1.29, 1.82) is 0 Å². The van der Waals surface area contributed by atoms with Gasteiger partial charge in [0.25, 0.3) is 11.8 Å². The second-order valence-electron chi connectivity index (χ2n) is 5.13. The summed E-state index contributed by atoms with van der Waals surface area (Å²) in [6.45, 7) is 1.39. The normalized spacial score (nSPS) is 9.77. The Morgan fingerprint density at radius 3 is 2.23 bits per heavy atom. The van der Waals surface area contributed by atoms with Crippen LogP contribution in [0.2, 0.25) is 5.02 Å². The molecule has 0 saturated heterocycles. The zero-order valence-electron chi connectivity index (χ0n) is 13.6. The van der Waals surface area contributed by atoms with E-state index in [1.165, 1.54) is 25.1 Å². The van der Waals surface area contributed by atoms with Crippen molar-refractivity contribution < 1.29 is 14.4 Å². The van der Waals surface area contributed by atoms with Gasteiger partial charge >= 0.3 is 0 Å². The number of amides is 3. The lowest BCUT2D eigenvalue weighted by Crippen LogP contribution is -2.48. The van der Waals surface area contributed by atoms with E-state index in [0.29, 0.717) is 21.8 Å². The zero-order valence-corrected chi connectivity index (χ0v) is 15.2. The number of halogens is 1. The number of carbonyl (C=O) groups excluding carboxylic acids is 3. The van der Waals surface area contributed by atoms with Crippen molar-refractivity contribution in [3.8, 4) is 0 Å². The third-order valence-electron chi connectivity index (χ3n) is 3.07. The van der Waals surface area contributed by atoms with Crippen LogP contribution in [0.3, 0.4) is 0 Å². The Bertz CT molecular complexity index is 855. The first kappa shape index (κ1) is 19.4. The lowest BCUT2D eigenvalue weighted by molar-refractivity contribution is -0.114.